The van der Waals surface area contributed by atoms with Gasteiger partial charge in [-0.2, -0.15) is 0 Å². The summed E-state index contributed by atoms with van der Waals surface area (Å²) in [5, 5.41) is 9.24. The van der Waals surface area contributed by atoms with E-state index >= 15 is 0 Å². The molecule has 0 spiro atoms. The van der Waals surface area contributed by atoms with Gasteiger partial charge < -0.3 is 19.5 Å². The van der Waals surface area contributed by atoms with Crippen LogP contribution in [0.4, 0.5) is 0 Å². The third-order valence-corrected chi connectivity index (χ3v) is 4.21. The SMILES string of the molecule is COc1ccc(C(=O)N2C[C@@H](C)[C@H](C(=O)O)C2)c(OCC(C)C)c1. The zero-order valence-electron chi connectivity index (χ0n) is 14.6. The highest BCUT2D eigenvalue weighted by Gasteiger charge is 2.37. The van der Waals surface area contributed by atoms with Crippen molar-refractivity contribution < 1.29 is 24.2 Å². The van der Waals surface area contributed by atoms with Gasteiger partial charge in [0.25, 0.3) is 5.91 Å². The molecular formula is C18H25NO5. The van der Waals surface area contributed by atoms with Gasteiger partial charge in [0, 0.05) is 19.2 Å². The van der Waals surface area contributed by atoms with Crippen LogP contribution in [0.5, 0.6) is 11.5 Å². The second-order valence-electron chi connectivity index (χ2n) is 6.70. The number of carboxylic acid groups (broad SMARTS) is 1. The normalized spacial score (nSPS) is 20.3. The lowest BCUT2D eigenvalue weighted by atomic mass is 9.99. The number of aliphatic carboxylic acids is 1. The van der Waals surface area contributed by atoms with Crippen LogP contribution in [0.25, 0.3) is 0 Å². The Morgan fingerprint density at radius 2 is 2.04 bits per heavy atom. The van der Waals surface area contributed by atoms with Crippen molar-refractivity contribution >= 4 is 11.9 Å². The van der Waals surface area contributed by atoms with Gasteiger partial charge in [-0.1, -0.05) is 20.8 Å². The summed E-state index contributed by atoms with van der Waals surface area (Å²) in [5.41, 5.74) is 0.440. The van der Waals surface area contributed by atoms with E-state index in [1.54, 1.807) is 30.2 Å². The molecule has 1 aromatic rings. The van der Waals surface area contributed by atoms with E-state index in [1.165, 1.54) is 0 Å². The molecule has 6 nitrogen and oxygen atoms in total. The number of amides is 1. The summed E-state index contributed by atoms with van der Waals surface area (Å²) in [6, 6.07) is 5.09. The predicted molar refractivity (Wildman–Crippen MR) is 89.5 cm³/mol. The topological polar surface area (TPSA) is 76.1 Å². The van der Waals surface area contributed by atoms with E-state index < -0.39 is 11.9 Å². The standard InChI is InChI=1S/C18H25NO5/c1-11(2)10-24-16-7-13(23-4)5-6-14(16)17(20)19-8-12(3)15(9-19)18(21)22/h5-7,11-12,15H,8-10H2,1-4H3,(H,21,22)/t12-,15-/m1/s1. The second-order valence-corrected chi connectivity index (χ2v) is 6.70. The third-order valence-electron chi connectivity index (χ3n) is 4.21. The lowest BCUT2D eigenvalue weighted by molar-refractivity contribution is -0.142. The molecule has 0 aromatic heterocycles. The van der Waals surface area contributed by atoms with E-state index in [0.29, 0.717) is 36.1 Å². The number of carbonyl (C=O) groups is 2. The first kappa shape index (κ1) is 18.1. The van der Waals surface area contributed by atoms with E-state index in [4.69, 9.17) is 9.47 Å². The second kappa shape index (κ2) is 7.55. The van der Waals surface area contributed by atoms with Crippen molar-refractivity contribution in [2.75, 3.05) is 26.8 Å². The number of rotatable bonds is 6. The Morgan fingerprint density at radius 1 is 1.33 bits per heavy atom. The Labute approximate surface area is 142 Å². The number of methoxy groups -OCH3 is 1. The minimum atomic E-state index is -0.858. The quantitative estimate of drug-likeness (QED) is 0.864. The molecule has 132 valence electrons. The Hall–Kier alpha value is -2.24. The van der Waals surface area contributed by atoms with Gasteiger partial charge in [-0.15, -0.1) is 0 Å². The van der Waals surface area contributed by atoms with E-state index in [9.17, 15) is 14.7 Å². The molecule has 2 atom stereocenters. The number of ether oxygens (including phenoxy) is 2. The van der Waals surface area contributed by atoms with Gasteiger partial charge in [0.1, 0.15) is 11.5 Å². The molecule has 0 bridgehead atoms. The van der Waals surface area contributed by atoms with Gasteiger partial charge in [0.05, 0.1) is 25.2 Å². The molecule has 1 aromatic carbocycles. The molecule has 1 N–H and O–H groups in total. The molecule has 6 heteroatoms. The van der Waals surface area contributed by atoms with Crippen molar-refractivity contribution in [2.24, 2.45) is 17.8 Å². The largest absolute Gasteiger partial charge is 0.497 e. The number of hydrogen-bond donors (Lipinski definition) is 1. The highest BCUT2D eigenvalue weighted by molar-refractivity contribution is 5.97. The number of benzene rings is 1. The number of carbonyl (C=O) groups excluding carboxylic acids is 1. The summed E-state index contributed by atoms with van der Waals surface area (Å²) < 4.78 is 11.0. The number of nitrogens with zero attached hydrogens (tertiary/aromatic N) is 1. The Morgan fingerprint density at radius 3 is 2.58 bits per heavy atom. The first-order valence-corrected chi connectivity index (χ1v) is 8.16. The molecule has 24 heavy (non-hydrogen) atoms. The first-order chi connectivity index (χ1) is 11.3. The lowest BCUT2D eigenvalue weighted by Gasteiger charge is -2.19. The molecular weight excluding hydrogens is 310 g/mol. The van der Waals surface area contributed by atoms with Gasteiger partial charge >= 0.3 is 5.97 Å². The molecule has 1 amide bonds. The number of hydrogen-bond acceptors (Lipinski definition) is 4. The van der Waals surface area contributed by atoms with E-state index in [1.807, 2.05) is 20.8 Å². The zero-order chi connectivity index (χ0) is 17.9. The highest BCUT2D eigenvalue weighted by Crippen LogP contribution is 2.30. The van der Waals surface area contributed by atoms with Gasteiger partial charge in [-0.05, 0) is 24.0 Å². The summed E-state index contributed by atoms with van der Waals surface area (Å²) in [6.45, 7) is 7.07. The van der Waals surface area contributed by atoms with E-state index in [0.717, 1.165) is 0 Å². The minimum Gasteiger partial charge on any atom is -0.497 e. The third kappa shape index (κ3) is 3.99. The molecule has 1 fully saturated rings. The Kier molecular flexibility index (Phi) is 5.70. The van der Waals surface area contributed by atoms with Crippen molar-refractivity contribution in [1.82, 2.24) is 4.90 Å². The van der Waals surface area contributed by atoms with Gasteiger partial charge in [0.15, 0.2) is 0 Å². The summed E-state index contributed by atoms with van der Waals surface area (Å²) >= 11 is 0. The summed E-state index contributed by atoms with van der Waals surface area (Å²) in [6.07, 6.45) is 0. The first-order valence-electron chi connectivity index (χ1n) is 8.16. The van der Waals surface area contributed by atoms with Crippen LogP contribution in [0, 0.1) is 17.8 Å². The van der Waals surface area contributed by atoms with Crippen molar-refractivity contribution in [3.63, 3.8) is 0 Å². The molecule has 1 heterocycles. The zero-order valence-corrected chi connectivity index (χ0v) is 14.6. The molecule has 1 aliphatic rings. The van der Waals surface area contributed by atoms with Crippen LogP contribution in [-0.4, -0.2) is 48.7 Å². The van der Waals surface area contributed by atoms with Crippen LogP contribution in [0.2, 0.25) is 0 Å². The van der Waals surface area contributed by atoms with Crippen LogP contribution >= 0.6 is 0 Å². The smallest absolute Gasteiger partial charge is 0.308 e. The molecule has 2 rings (SSSR count). The fourth-order valence-corrected chi connectivity index (χ4v) is 2.81. The molecule has 0 unspecified atom stereocenters. The van der Waals surface area contributed by atoms with Crippen LogP contribution in [-0.2, 0) is 4.79 Å². The highest BCUT2D eigenvalue weighted by atomic mass is 16.5. The van der Waals surface area contributed by atoms with Crippen molar-refractivity contribution in [1.29, 1.82) is 0 Å². The average molecular weight is 335 g/mol. The molecule has 0 saturated carbocycles. The maximum Gasteiger partial charge on any atom is 0.308 e. The van der Waals surface area contributed by atoms with E-state index in [-0.39, 0.29) is 18.4 Å². The minimum absolute atomic E-state index is 0.0651. The molecule has 0 radical (unpaired) electrons. The summed E-state index contributed by atoms with van der Waals surface area (Å²) in [4.78, 5) is 25.7. The number of carboxylic acids is 1. The molecule has 1 aliphatic heterocycles. The Balaban J connectivity index is 2.23. The summed E-state index contributed by atoms with van der Waals surface area (Å²) in [5.74, 6) is -0.238. The van der Waals surface area contributed by atoms with Crippen LogP contribution < -0.4 is 9.47 Å². The fourth-order valence-electron chi connectivity index (χ4n) is 2.81. The van der Waals surface area contributed by atoms with Crippen LogP contribution in [0.1, 0.15) is 31.1 Å². The summed E-state index contributed by atoms with van der Waals surface area (Å²) in [7, 11) is 1.56. The van der Waals surface area contributed by atoms with Crippen molar-refractivity contribution in [3.8, 4) is 11.5 Å². The van der Waals surface area contributed by atoms with Gasteiger partial charge in [0.2, 0.25) is 0 Å². The monoisotopic (exact) mass is 335 g/mol. The number of likely N-dealkylation sites (tertiary alicyclic amines) is 1. The fraction of sp³-hybridized carbons (Fsp3) is 0.556. The Bertz CT molecular complexity index is 613. The maximum absolute atomic E-state index is 12.8. The van der Waals surface area contributed by atoms with Gasteiger partial charge in [-0.25, -0.2) is 0 Å². The average Bonchev–Trinajstić information content (AvgIpc) is 2.94. The lowest BCUT2D eigenvalue weighted by Crippen LogP contribution is -2.30. The van der Waals surface area contributed by atoms with Gasteiger partial charge in [-0.3, -0.25) is 9.59 Å². The molecule has 1 saturated heterocycles. The van der Waals surface area contributed by atoms with Crippen molar-refractivity contribution in [2.45, 2.75) is 20.8 Å². The predicted octanol–water partition coefficient (Wildman–Crippen LogP) is 2.52. The van der Waals surface area contributed by atoms with E-state index in [2.05, 4.69) is 0 Å². The molecule has 0 aliphatic carbocycles. The van der Waals surface area contributed by atoms with Crippen LogP contribution in [0.3, 0.4) is 0 Å². The van der Waals surface area contributed by atoms with Crippen molar-refractivity contribution in [3.05, 3.63) is 23.8 Å². The maximum atomic E-state index is 12.8. The van der Waals surface area contributed by atoms with Crippen LogP contribution in [0.15, 0.2) is 18.2 Å².